The van der Waals surface area contributed by atoms with E-state index in [0.717, 1.165) is 22.6 Å². The maximum atomic E-state index is 12.7. The standard InChI is InChI=1S/C19H16N4O2/c24-17-9-4-11-20-23(17)12-10-13-5-3-8-16-18(13)19(25)22-15-7-2-1-6-14(15)21-16/h1-9,11,21H,10,12H2,(H,22,25). The van der Waals surface area contributed by atoms with Gasteiger partial charge in [-0.05, 0) is 36.2 Å². The number of anilines is 3. The van der Waals surface area contributed by atoms with E-state index in [4.69, 9.17) is 0 Å². The van der Waals surface area contributed by atoms with E-state index in [1.165, 1.54) is 10.7 Å². The third-order valence-electron chi connectivity index (χ3n) is 4.20. The molecule has 1 aromatic heterocycles. The van der Waals surface area contributed by atoms with Crippen molar-refractivity contribution in [3.63, 3.8) is 0 Å². The first kappa shape index (κ1) is 15.1. The average molecular weight is 332 g/mol. The number of aromatic nitrogens is 2. The minimum absolute atomic E-state index is 0.153. The van der Waals surface area contributed by atoms with Crippen molar-refractivity contribution < 1.29 is 4.79 Å². The predicted molar refractivity (Wildman–Crippen MR) is 96.3 cm³/mol. The number of aryl methyl sites for hydroxylation is 2. The van der Waals surface area contributed by atoms with Gasteiger partial charge in [-0.25, -0.2) is 4.68 Å². The highest BCUT2D eigenvalue weighted by atomic mass is 16.1. The number of benzene rings is 2. The Morgan fingerprint density at radius 3 is 2.40 bits per heavy atom. The third-order valence-corrected chi connectivity index (χ3v) is 4.20. The van der Waals surface area contributed by atoms with E-state index in [0.29, 0.717) is 18.5 Å². The minimum atomic E-state index is -0.156. The molecule has 0 spiro atoms. The fourth-order valence-electron chi connectivity index (χ4n) is 2.99. The molecule has 124 valence electrons. The molecule has 0 saturated heterocycles. The van der Waals surface area contributed by atoms with Gasteiger partial charge >= 0.3 is 0 Å². The Balaban J connectivity index is 1.68. The van der Waals surface area contributed by atoms with Crippen LogP contribution in [0.15, 0.2) is 65.6 Å². The van der Waals surface area contributed by atoms with Gasteiger partial charge in [-0.3, -0.25) is 9.59 Å². The van der Waals surface area contributed by atoms with Crippen LogP contribution in [0.5, 0.6) is 0 Å². The van der Waals surface area contributed by atoms with Crippen LogP contribution in [0.25, 0.3) is 0 Å². The lowest BCUT2D eigenvalue weighted by molar-refractivity contribution is 0.102. The summed E-state index contributed by atoms with van der Waals surface area (Å²) in [6.45, 7) is 0.413. The van der Waals surface area contributed by atoms with Gasteiger partial charge in [0.25, 0.3) is 11.5 Å². The molecule has 4 rings (SSSR count). The maximum absolute atomic E-state index is 12.7. The van der Waals surface area contributed by atoms with Crippen molar-refractivity contribution in [2.24, 2.45) is 0 Å². The van der Waals surface area contributed by atoms with Gasteiger partial charge in [-0.15, -0.1) is 0 Å². The Hall–Kier alpha value is -3.41. The first-order chi connectivity index (χ1) is 12.2. The summed E-state index contributed by atoms with van der Waals surface area (Å²) < 4.78 is 1.40. The molecule has 0 bridgehead atoms. The van der Waals surface area contributed by atoms with Crippen molar-refractivity contribution in [2.45, 2.75) is 13.0 Å². The second-order valence-electron chi connectivity index (χ2n) is 5.80. The van der Waals surface area contributed by atoms with Gasteiger partial charge in [0.05, 0.1) is 22.6 Å². The zero-order valence-corrected chi connectivity index (χ0v) is 13.4. The van der Waals surface area contributed by atoms with Crippen LogP contribution in [-0.4, -0.2) is 15.7 Å². The number of rotatable bonds is 3. The zero-order valence-electron chi connectivity index (χ0n) is 13.4. The molecule has 0 unspecified atom stereocenters. The monoisotopic (exact) mass is 332 g/mol. The molecular formula is C19H16N4O2. The second-order valence-corrected chi connectivity index (χ2v) is 5.80. The lowest BCUT2D eigenvalue weighted by atomic mass is 10.0. The fourth-order valence-corrected chi connectivity index (χ4v) is 2.99. The number of carbonyl (C=O) groups is 1. The summed E-state index contributed by atoms with van der Waals surface area (Å²) in [4.78, 5) is 24.5. The highest BCUT2D eigenvalue weighted by Gasteiger charge is 2.21. The van der Waals surface area contributed by atoms with E-state index in [1.807, 2.05) is 42.5 Å². The number of nitrogens with one attached hydrogen (secondary N) is 2. The van der Waals surface area contributed by atoms with Crippen LogP contribution in [0.1, 0.15) is 15.9 Å². The molecule has 0 fully saturated rings. The molecule has 1 aliphatic rings. The first-order valence-electron chi connectivity index (χ1n) is 8.04. The number of para-hydroxylation sites is 2. The lowest BCUT2D eigenvalue weighted by Gasteiger charge is -2.12. The summed E-state index contributed by atoms with van der Waals surface area (Å²) in [5.74, 6) is -0.156. The number of fused-ring (bicyclic) bond motifs is 2. The van der Waals surface area contributed by atoms with Gasteiger partial charge in [0.2, 0.25) is 0 Å². The number of hydrogen-bond donors (Lipinski definition) is 2. The van der Waals surface area contributed by atoms with Gasteiger partial charge in [0.15, 0.2) is 0 Å². The van der Waals surface area contributed by atoms with E-state index in [2.05, 4.69) is 15.7 Å². The van der Waals surface area contributed by atoms with Crippen LogP contribution >= 0.6 is 0 Å². The number of hydrogen-bond acceptors (Lipinski definition) is 4. The summed E-state index contributed by atoms with van der Waals surface area (Å²) >= 11 is 0. The summed E-state index contributed by atoms with van der Waals surface area (Å²) in [6.07, 6.45) is 2.11. The minimum Gasteiger partial charge on any atom is -0.353 e. The normalized spacial score (nSPS) is 12.4. The second kappa shape index (κ2) is 6.24. The molecule has 2 N–H and O–H groups in total. The van der Waals surface area contributed by atoms with Crippen LogP contribution in [0.3, 0.4) is 0 Å². The number of carbonyl (C=O) groups excluding carboxylic acids is 1. The first-order valence-corrected chi connectivity index (χ1v) is 8.04. The quantitative estimate of drug-likeness (QED) is 0.773. The van der Waals surface area contributed by atoms with Crippen molar-refractivity contribution in [1.82, 2.24) is 9.78 Å². The van der Waals surface area contributed by atoms with Crippen LogP contribution in [0, 0.1) is 0 Å². The van der Waals surface area contributed by atoms with Crippen LogP contribution < -0.4 is 16.2 Å². The van der Waals surface area contributed by atoms with Gasteiger partial charge < -0.3 is 10.6 Å². The molecule has 6 nitrogen and oxygen atoms in total. The summed E-state index contributed by atoms with van der Waals surface area (Å²) in [5, 5.41) is 10.3. The van der Waals surface area contributed by atoms with Crippen molar-refractivity contribution in [3.05, 3.63) is 82.3 Å². The van der Waals surface area contributed by atoms with E-state index in [-0.39, 0.29) is 11.5 Å². The van der Waals surface area contributed by atoms with E-state index in [1.54, 1.807) is 12.3 Å². The molecule has 0 aliphatic carbocycles. The third kappa shape index (κ3) is 2.89. The zero-order chi connectivity index (χ0) is 17.2. The summed E-state index contributed by atoms with van der Waals surface area (Å²) in [7, 11) is 0. The fraction of sp³-hybridized carbons (Fsp3) is 0.105. The Kier molecular flexibility index (Phi) is 3.78. The molecule has 1 aliphatic heterocycles. The van der Waals surface area contributed by atoms with Crippen LogP contribution in [-0.2, 0) is 13.0 Å². The molecule has 6 heteroatoms. The van der Waals surface area contributed by atoms with Crippen molar-refractivity contribution in [3.8, 4) is 0 Å². The Bertz CT molecular complexity index is 1010. The SMILES string of the molecule is O=C1Nc2ccccc2Nc2cccc(CCn3ncccc3=O)c21. The van der Waals surface area contributed by atoms with E-state index >= 15 is 0 Å². The van der Waals surface area contributed by atoms with Gasteiger partial charge in [-0.1, -0.05) is 24.3 Å². The van der Waals surface area contributed by atoms with Gasteiger partial charge in [0.1, 0.15) is 0 Å². The predicted octanol–water partition coefficient (Wildman–Crippen LogP) is 2.80. The lowest BCUT2D eigenvalue weighted by Crippen LogP contribution is -2.23. The highest BCUT2D eigenvalue weighted by molar-refractivity contribution is 6.13. The molecule has 2 heterocycles. The van der Waals surface area contributed by atoms with Crippen LogP contribution in [0.2, 0.25) is 0 Å². The number of amides is 1. The smallest absolute Gasteiger partial charge is 0.266 e. The van der Waals surface area contributed by atoms with Crippen molar-refractivity contribution in [1.29, 1.82) is 0 Å². The molecule has 0 saturated carbocycles. The average Bonchev–Trinajstić information content (AvgIpc) is 2.77. The Labute approximate surface area is 144 Å². The topological polar surface area (TPSA) is 76.0 Å². The van der Waals surface area contributed by atoms with Crippen molar-refractivity contribution in [2.75, 3.05) is 10.6 Å². The molecule has 2 aromatic carbocycles. The van der Waals surface area contributed by atoms with E-state index in [9.17, 15) is 9.59 Å². The molecule has 25 heavy (non-hydrogen) atoms. The summed E-state index contributed by atoms with van der Waals surface area (Å²) in [6, 6.07) is 16.4. The van der Waals surface area contributed by atoms with Crippen LogP contribution in [0.4, 0.5) is 17.1 Å². The molecule has 3 aromatic rings. The van der Waals surface area contributed by atoms with Gasteiger partial charge in [0, 0.05) is 18.8 Å². The Morgan fingerprint density at radius 2 is 1.60 bits per heavy atom. The van der Waals surface area contributed by atoms with E-state index < -0.39 is 0 Å². The summed E-state index contributed by atoms with van der Waals surface area (Å²) in [5.41, 5.74) is 3.67. The molecule has 0 atom stereocenters. The molecule has 1 amide bonds. The van der Waals surface area contributed by atoms with Crippen molar-refractivity contribution >= 4 is 23.0 Å². The maximum Gasteiger partial charge on any atom is 0.266 e. The largest absolute Gasteiger partial charge is 0.353 e. The molecule has 0 radical (unpaired) electrons. The molecular weight excluding hydrogens is 316 g/mol. The number of nitrogens with zero attached hydrogens (tertiary/aromatic N) is 2. The highest BCUT2D eigenvalue weighted by Crippen LogP contribution is 2.33. The van der Waals surface area contributed by atoms with Gasteiger partial charge in [-0.2, -0.15) is 5.10 Å². The Morgan fingerprint density at radius 1 is 0.840 bits per heavy atom.